The molecular weight excluding hydrogens is 846 g/mol. The highest BCUT2D eigenvalue weighted by atomic mass is 31.2. The van der Waals surface area contributed by atoms with Gasteiger partial charge < -0.3 is 44.6 Å². The first-order chi connectivity index (χ1) is 29.6. The number of esters is 2. The summed E-state index contributed by atoms with van der Waals surface area (Å²) in [6.07, 6.45) is 31.1. The zero-order chi connectivity index (χ0) is 46.3. The first kappa shape index (κ1) is 59.4. The average molecular weight is 923 g/mol. The minimum atomic E-state index is -4.91. The maximum Gasteiger partial charge on any atom is 0.472 e. The molecule has 0 aliphatic heterocycles. The molecule has 16 nitrogen and oxygen atoms in total. The quantitative estimate of drug-likeness (QED) is 0.0101. The highest BCUT2D eigenvalue weighted by Crippen LogP contribution is 2.43. The monoisotopic (exact) mass is 922 g/mol. The maximum atomic E-state index is 12.7. The molecule has 0 saturated carbocycles. The third-order valence-corrected chi connectivity index (χ3v) is 10.4. The second-order valence-electron chi connectivity index (χ2n) is 14.8. The lowest BCUT2D eigenvalue weighted by Gasteiger charge is -2.21. The molecule has 7 N–H and O–H groups in total. The molecule has 0 fully saturated rings. The second-order valence-corrected chi connectivity index (χ2v) is 17.5. The van der Waals surface area contributed by atoms with Gasteiger partial charge in [-0.2, -0.15) is 0 Å². The summed E-state index contributed by atoms with van der Waals surface area (Å²) in [6.45, 7) is 1.20. The molecule has 0 aromatic rings. The molecule has 0 rings (SSSR count). The van der Waals surface area contributed by atoms with Crippen molar-refractivity contribution in [1.82, 2.24) is 0 Å². The second kappa shape index (κ2) is 38.9. The number of hydrogen-bond acceptors (Lipinski definition) is 13. The van der Waals surface area contributed by atoms with Crippen molar-refractivity contribution < 1.29 is 76.9 Å². The fourth-order valence-electron chi connectivity index (χ4n) is 5.41. The van der Waals surface area contributed by atoms with Crippen molar-refractivity contribution in [2.75, 3.05) is 26.4 Å². The molecule has 0 aliphatic carbocycles. The van der Waals surface area contributed by atoms with Gasteiger partial charge in [0.1, 0.15) is 12.7 Å². The van der Waals surface area contributed by atoms with Crippen LogP contribution in [0.1, 0.15) is 136 Å². The van der Waals surface area contributed by atoms with E-state index in [4.69, 9.17) is 23.8 Å². The minimum absolute atomic E-state index is 0.0209. The van der Waals surface area contributed by atoms with Crippen LogP contribution in [0.2, 0.25) is 0 Å². The zero-order valence-electron chi connectivity index (χ0n) is 36.8. The van der Waals surface area contributed by atoms with Gasteiger partial charge in [-0.1, -0.05) is 138 Å². The SMILES string of the molecule is CCCCC/C=C\C/C=C\CCCCCCCC(=O)OC[C@H](COP(=O)(O)OC[C@@H](O)COP(=O)(O)O)OC(=O)CCC[C@H](O)[C@@H](O)/C=C/C=C/C=C\C=C\[C@@H](O)CCCCC. The molecule has 0 aliphatic rings. The Morgan fingerprint density at radius 2 is 1.11 bits per heavy atom. The van der Waals surface area contributed by atoms with Gasteiger partial charge >= 0.3 is 27.6 Å². The number of allylic oxidation sites excluding steroid dienone is 10. The summed E-state index contributed by atoms with van der Waals surface area (Å²) in [5, 5.41) is 40.3. The van der Waals surface area contributed by atoms with Crippen molar-refractivity contribution in [2.24, 2.45) is 0 Å². The number of aliphatic hydroxyl groups is 4. The summed E-state index contributed by atoms with van der Waals surface area (Å²) >= 11 is 0. The van der Waals surface area contributed by atoms with Gasteiger partial charge in [0, 0.05) is 12.8 Å². The Morgan fingerprint density at radius 1 is 0.565 bits per heavy atom. The van der Waals surface area contributed by atoms with Gasteiger partial charge in [-0.05, 0) is 57.8 Å². The van der Waals surface area contributed by atoms with Crippen LogP contribution in [0.15, 0.2) is 72.9 Å². The van der Waals surface area contributed by atoms with Gasteiger partial charge in [0.15, 0.2) is 6.10 Å². The van der Waals surface area contributed by atoms with Crippen LogP contribution in [-0.4, -0.2) is 104 Å². The molecule has 0 bridgehead atoms. The molecular formula is C44H76O16P2. The molecule has 62 heavy (non-hydrogen) atoms. The third kappa shape index (κ3) is 40.2. The molecule has 1 unspecified atom stereocenters. The van der Waals surface area contributed by atoms with E-state index in [0.717, 1.165) is 64.2 Å². The van der Waals surface area contributed by atoms with Crippen LogP contribution in [-0.2, 0) is 41.8 Å². The Balaban J connectivity index is 4.88. The predicted molar refractivity (Wildman–Crippen MR) is 239 cm³/mol. The summed E-state index contributed by atoms with van der Waals surface area (Å²) in [5.74, 6) is -1.38. The van der Waals surface area contributed by atoms with Gasteiger partial charge in [0.05, 0.1) is 38.1 Å². The molecule has 18 heteroatoms. The Morgan fingerprint density at radius 3 is 1.77 bits per heavy atom. The summed E-state index contributed by atoms with van der Waals surface area (Å²) in [7, 11) is -9.82. The van der Waals surface area contributed by atoms with E-state index in [0.29, 0.717) is 12.8 Å². The van der Waals surface area contributed by atoms with E-state index in [9.17, 15) is 44.0 Å². The Kier molecular flexibility index (Phi) is 37.3. The fourth-order valence-corrected chi connectivity index (χ4v) is 6.56. The Hall–Kier alpha value is -2.56. The van der Waals surface area contributed by atoms with Crippen LogP contribution in [0.25, 0.3) is 0 Å². The van der Waals surface area contributed by atoms with E-state index in [1.54, 1.807) is 42.5 Å². The van der Waals surface area contributed by atoms with Crippen LogP contribution in [0.3, 0.4) is 0 Å². The summed E-state index contributed by atoms with van der Waals surface area (Å²) in [6, 6.07) is 0. The van der Waals surface area contributed by atoms with E-state index >= 15 is 0 Å². The van der Waals surface area contributed by atoms with E-state index in [-0.39, 0.29) is 25.7 Å². The lowest BCUT2D eigenvalue weighted by molar-refractivity contribution is -0.161. The molecule has 0 heterocycles. The zero-order valence-corrected chi connectivity index (χ0v) is 38.6. The minimum Gasteiger partial charge on any atom is -0.462 e. The number of carbonyl (C=O) groups excluding carboxylic acids is 2. The molecule has 0 amide bonds. The lowest BCUT2D eigenvalue weighted by atomic mass is 10.1. The van der Waals surface area contributed by atoms with Crippen LogP contribution >= 0.6 is 15.6 Å². The number of phosphoric ester groups is 2. The van der Waals surface area contributed by atoms with Crippen molar-refractivity contribution in [3.05, 3.63) is 72.9 Å². The number of carbonyl (C=O) groups is 2. The summed E-state index contributed by atoms with van der Waals surface area (Å²) in [5.41, 5.74) is 0. The predicted octanol–water partition coefficient (Wildman–Crippen LogP) is 7.92. The standard InChI is InChI=1S/C44H76O16P2/c1-3-5-7-8-9-10-11-12-13-14-15-16-17-22-26-32-43(49)56-36-40(37-59-62(54,55)58-35-39(46)34-57-61(51,52)53)60-44(50)33-27-31-42(48)41(47)30-25-21-19-18-20-24-29-38(45)28-23-6-4-2/h9-10,12-13,18-21,24-25,29-30,38-42,45-48H,3-8,11,14-17,22-23,26-28,31-37H2,1-2H3,(H,54,55)(H2,51,52,53)/b10-9-,13-12-,20-18-,21-19+,29-24+,30-25+/t38-,39-,40+,41-,42-/m0/s1. The van der Waals surface area contributed by atoms with E-state index in [2.05, 4.69) is 47.2 Å². The molecule has 0 aromatic heterocycles. The van der Waals surface area contributed by atoms with Crippen molar-refractivity contribution in [2.45, 2.75) is 166 Å². The number of hydrogen-bond donors (Lipinski definition) is 7. The van der Waals surface area contributed by atoms with Crippen LogP contribution in [0.4, 0.5) is 0 Å². The highest BCUT2D eigenvalue weighted by Gasteiger charge is 2.28. The smallest absolute Gasteiger partial charge is 0.462 e. The van der Waals surface area contributed by atoms with E-state index in [1.165, 1.54) is 25.3 Å². The van der Waals surface area contributed by atoms with E-state index < -0.39 is 84.5 Å². The Bertz CT molecular complexity index is 1420. The largest absolute Gasteiger partial charge is 0.472 e. The summed E-state index contributed by atoms with van der Waals surface area (Å²) < 4.78 is 47.5. The molecule has 0 saturated heterocycles. The average Bonchev–Trinajstić information content (AvgIpc) is 3.22. The van der Waals surface area contributed by atoms with Crippen LogP contribution in [0.5, 0.6) is 0 Å². The van der Waals surface area contributed by atoms with Gasteiger partial charge in [0.25, 0.3) is 0 Å². The molecule has 0 aromatic carbocycles. The van der Waals surface area contributed by atoms with Gasteiger partial charge in [-0.3, -0.25) is 23.2 Å². The first-order valence-corrected chi connectivity index (χ1v) is 25.0. The highest BCUT2D eigenvalue weighted by molar-refractivity contribution is 7.47. The maximum absolute atomic E-state index is 12.7. The normalized spacial score (nSPS) is 16.2. The van der Waals surface area contributed by atoms with Gasteiger partial charge in [-0.25, -0.2) is 9.13 Å². The number of ether oxygens (including phenoxy) is 2. The number of phosphoric acid groups is 2. The van der Waals surface area contributed by atoms with E-state index in [1.807, 2.05) is 0 Å². The molecule has 358 valence electrons. The van der Waals surface area contributed by atoms with Crippen molar-refractivity contribution in [3.8, 4) is 0 Å². The van der Waals surface area contributed by atoms with Crippen molar-refractivity contribution >= 4 is 27.6 Å². The van der Waals surface area contributed by atoms with Gasteiger partial charge in [-0.15, -0.1) is 0 Å². The molecule has 0 radical (unpaired) electrons. The molecule has 0 spiro atoms. The Labute approximate surface area is 369 Å². The molecule has 6 atom stereocenters. The third-order valence-electron chi connectivity index (χ3n) is 8.92. The van der Waals surface area contributed by atoms with Crippen molar-refractivity contribution in [1.29, 1.82) is 0 Å². The van der Waals surface area contributed by atoms with Gasteiger partial charge in [0.2, 0.25) is 0 Å². The fraction of sp³-hybridized carbons (Fsp3) is 0.682. The van der Waals surface area contributed by atoms with Crippen molar-refractivity contribution in [3.63, 3.8) is 0 Å². The lowest BCUT2D eigenvalue weighted by Crippen LogP contribution is -2.30. The van der Waals surface area contributed by atoms with Crippen LogP contribution in [0, 0.1) is 0 Å². The first-order valence-electron chi connectivity index (χ1n) is 22.0. The number of aliphatic hydroxyl groups excluding tert-OH is 4. The number of unbranched alkanes of at least 4 members (excludes halogenated alkanes) is 10. The summed E-state index contributed by atoms with van der Waals surface area (Å²) in [4.78, 5) is 52.7. The number of rotatable bonds is 40. The van der Waals surface area contributed by atoms with Crippen LogP contribution < -0.4 is 0 Å². The topological polar surface area (TPSA) is 256 Å².